The van der Waals surface area contributed by atoms with Crippen LogP contribution >= 0.6 is 0 Å². The number of nitrogens with zero attached hydrogens (tertiary/aromatic N) is 2. The van der Waals surface area contributed by atoms with Crippen LogP contribution in [0.1, 0.15) is 39.4 Å². The fourth-order valence-corrected chi connectivity index (χ4v) is 3.41. The molecule has 9 nitrogen and oxygen atoms in total. The SMILES string of the molecule is COc1ccc(NC(=O)c2cc(C3=CC4CC4O3)n(C)n2)cc1C(=O)NCCCN. The highest BCUT2D eigenvalue weighted by atomic mass is 16.5. The molecule has 1 fully saturated rings. The van der Waals surface area contributed by atoms with E-state index in [2.05, 4.69) is 21.8 Å². The molecule has 2 aromatic rings. The fraction of sp³-hybridized carbons (Fsp3) is 0.381. The van der Waals surface area contributed by atoms with Gasteiger partial charge in [-0.2, -0.15) is 5.10 Å². The second-order valence-corrected chi connectivity index (χ2v) is 7.39. The van der Waals surface area contributed by atoms with Gasteiger partial charge in [-0.1, -0.05) is 0 Å². The predicted octanol–water partition coefficient (Wildman–Crippen LogP) is 1.52. The van der Waals surface area contributed by atoms with Crippen LogP contribution in [-0.2, 0) is 11.8 Å². The summed E-state index contributed by atoms with van der Waals surface area (Å²) in [6.45, 7) is 0.953. The molecule has 1 aromatic heterocycles. The third kappa shape index (κ3) is 4.02. The number of aromatic nitrogens is 2. The first-order valence-electron chi connectivity index (χ1n) is 9.90. The van der Waals surface area contributed by atoms with Gasteiger partial charge in [0.15, 0.2) is 5.69 Å². The molecule has 2 heterocycles. The quantitative estimate of drug-likeness (QED) is 0.567. The standard InChI is InChI=1S/C21H25N5O4/c1-26-16(19-9-12-8-18(12)30-19)11-15(25-26)21(28)24-13-4-5-17(29-2)14(10-13)20(27)23-7-3-6-22/h4-5,9-12,18H,3,6-8,22H2,1-2H3,(H,23,27)(H,24,28). The molecule has 0 bridgehead atoms. The number of carbonyl (C=O) groups excluding carboxylic acids is 2. The average molecular weight is 411 g/mol. The number of rotatable bonds is 8. The molecule has 0 saturated heterocycles. The molecule has 30 heavy (non-hydrogen) atoms. The lowest BCUT2D eigenvalue weighted by molar-refractivity contribution is 0.0949. The third-order valence-corrected chi connectivity index (χ3v) is 5.16. The van der Waals surface area contributed by atoms with E-state index < -0.39 is 0 Å². The monoisotopic (exact) mass is 411 g/mol. The Hall–Kier alpha value is -3.33. The number of amides is 2. The molecule has 158 valence electrons. The van der Waals surface area contributed by atoms with Gasteiger partial charge < -0.3 is 25.8 Å². The minimum absolute atomic E-state index is 0.266. The molecule has 9 heteroatoms. The van der Waals surface area contributed by atoms with Crippen LogP contribution in [0.3, 0.4) is 0 Å². The number of nitrogens with two attached hydrogens (primary N) is 1. The second kappa shape index (κ2) is 8.19. The minimum Gasteiger partial charge on any atom is -0.496 e. The minimum atomic E-state index is -0.375. The number of anilines is 1. The van der Waals surface area contributed by atoms with E-state index in [0.29, 0.717) is 42.4 Å². The van der Waals surface area contributed by atoms with Crippen LogP contribution in [0.2, 0.25) is 0 Å². The van der Waals surface area contributed by atoms with Gasteiger partial charge in [-0.15, -0.1) is 0 Å². The molecule has 0 radical (unpaired) electrons. The summed E-state index contributed by atoms with van der Waals surface area (Å²) >= 11 is 0. The summed E-state index contributed by atoms with van der Waals surface area (Å²) in [4.78, 5) is 25.2. The Morgan fingerprint density at radius 3 is 2.87 bits per heavy atom. The van der Waals surface area contributed by atoms with E-state index in [4.69, 9.17) is 15.2 Å². The number of carbonyl (C=O) groups is 2. The lowest BCUT2D eigenvalue weighted by Gasteiger charge is -2.11. The Morgan fingerprint density at radius 1 is 1.33 bits per heavy atom. The molecular weight excluding hydrogens is 386 g/mol. The highest BCUT2D eigenvalue weighted by molar-refractivity contribution is 6.04. The van der Waals surface area contributed by atoms with Gasteiger partial charge in [0.2, 0.25) is 0 Å². The van der Waals surface area contributed by atoms with Crippen LogP contribution in [0.5, 0.6) is 5.75 Å². The highest BCUT2D eigenvalue weighted by Gasteiger charge is 2.44. The molecule has 4 rings (SSSR count). The van der Waals surface area contributed by atoms with E-state index in [0.717, 1.165) is 17.9 Å². The van der Waals surface area contributed by atoms with Gasteiger partial charge in [-0.3, -0.25) is 14.3 Å². The van der Waals surface area contributed by atoms with E-state index in [1.54, 1.807) is 36.0 Å². The molecule has 4 N–H and O–H groups in total. The van der Waals surface area contributed by atoms with Crippen molar-refractivity contribution in [3.63, 3.8) is 0 Å². The van der Waals surface area contributed by atoms with E-state index in [-0.39, 0.29) is 23.6 Å². The average Bonchev–Trinajstić information content (AvgIpc) is 3.15. The van der Waals surface area contributed by atoms with Crippen molar-refractivity contribution in [1.29, 1.82) is 0 Å². The normalized spacial score (nSPS) is 18.8. The number of nitrogens with one attached hydrogen (secondary N) is 2. The molecule has 2 amide bonds. The number of ether oxygens (including phenoxy) is 2. The lowest BCUT2D eigenvalue weighted by Crippen LogP contribution is -2.26. The van der Waals surface area contributed by atoms with Crippen LogP contribution in [0.25, 0.3) is 5.76 Å². The molecular formula is C21H25N5O4. The zero-order chi connectivity index (χ0) is 21.3. The van der Waals surface area contributed by atoms with Crippen molar-refractivity contribution in [3.8, 4) is 5.75 Å². The summed E-state index contributed by atoms with van der Waals surface area (Å²) in [5.41, 5.74) is 7.29. The van der Waals surface area contributed by atoms with Gasteiger partial charge in [-0.05, 0) is 43.7 Å². The van der Waals surface area contributed by atoms with Crippen LogP contribution in [0, 0.1) is 5.92 Å². The fourth-order valence-electron chi connectivity index (χ4n) is 3.41. The van der Waals surface area contributed by atoms with Gasteiger partial charge >= 0.3 is 0 Å². The molecule has 1 saturated carbocycles. The first-order valence-corrected chi connectivity index (χ1v) is 9.90. The van der Waals surface area contributed by atoms with Gasteiger partial charge in [0, 0.05) is 31.3 Å². The summed E-state index contributed by atoms with van der Waals surface area (Å²) in [5, 5.41) is 9.88. The topological polar surface area (TPSA) is 120 Å². The van der Waals surface area contributed by atoms with Gasteiger partial charge in [0.1, 0.15) is 23.3 Å². The summed E-state index contributed by atoms with van der Waals surface area (Å²) in [5.74, 6) is 1.01. The highest BCUT2D eigenvalue weighted by Crippen LogP contribution is 2.45. The van der Waals surface area contributed by atoms with E-state index in [1.807, 2.05) is 0 Å². The van der Waals surface area contributed by atoms with Gasteiger partial charge in [-0.25, -0.2) is 0 Å². The van der Waals surface area contributed by atoms with Crippen LogP contribution in [0.15, 0.2) is 30.3 Å². The Kier molecular flexibility index (Phi) is 5.45. The first kappa shape index (κ1) is 20.0. The van der Waals surface area contributed by atoms with Crippen LogP contribution < -0.4 is 21.1 Å². The molecule has 1 aliphatic heterocycles. The molecule has 2 aliphatic rings. The molecule has 2 unspecified atom stereocenters. The number of benzene rings is 1. The summed E-state index contributed by atoms with van der Waals surface area (Å²) < 4.78 is 12.7. The molecule has 1 aromatic carbocycles. The number of aryl methyl sites for hydroxylation is 1. The van der Waals surface area contributed by atoms with Crippen molar-refractivity contribution >= 4 is 23.3 Å². The Morgan fingerprint density at radius 2 is 2.17 bits per heavy atom. The van der Waals surface area contributed by atoms with E-state index in [9.17, 15) is 9.59 Å². The van der Waals surface area contributed by atoms with Crippen molar-refractivity contribution in [1.82, 2.24) is 15.1 Å². The predicted molar refractivity (Wildman–Crippen MR) is 111 cm³/mol. The van der Waals surface area contributed by atoms with Crippen LogP contribution in [-0.4, -0.2) is 47.9 Å². The number of hydrogen-bond acceptors (Lipinski definition) is 6. The van der Waals surface area contributed by atoms with Crippen molar-refractivity contribution in [2.45, 2.75) is 18.9 Å². The van der Waals surface area contributed by atoms with Crippen molar-refractivity contribution in [2.24, 2.45) is 18.7 Å². The smallest absolute Gasteiger partial charge is 0.276 e. The molecule has 0 spiro atoms. The lowest BCUT2D eigenvalue weighted by atomic mass is 10.1. The Balaban J connectivity index is 1.48. The number of fused-ring (bicyclic) bond motifs is 1. The van der Waals surface area contributed by atoms with Crippen molar-refractivity contribution in [2.75, 3.05) is 25.5 Å². The number of methoxy groups -OCH3 is 1. The summed E-state index contributed by atoms with van der Waals surface area (Å²) in [6, 6.07) is 6.60. The third-order valence-electron chi connectivity index (χ3n) is 5.16. The van der Waals surface area contributed by atoms with Crippen molar-refractivity contribution < 1.29 is 19.1 Å². The van der Waals surface area contributed by atoms with E-state index in [1.165, 1.54) is 7.11 Å². The van der Waals surface area contributed by atoms with Crippen LogP contribution in [0.4, 0.5) is 5.69 Å². The molecule has 1 aliphatic carbocycles. The van der Waals surface area contributed by atoms with Crippen molar-refractivity contribution in [3.05, 3.63) is 47.3 Å². The number of hydrogen-bond donors (Lipinski definition) is 3. The zero-order valence-corrected chi connectivity index (χ0v) is 17.0. The summed E-state index contributed by atoms with van der Waals surface area (Å²) in [6.07, 6.45) is 4.10. The van der Waals surface area contributed by atoms with E-state index >= 15 is 0 Å². The summed E-state index contributed by atoms with van der Waals surface area (Å²) in [7, 11) is 3.26. The maximum absolute atomic E-state index is 12.7. The Labute approximate surface area is 174 Å². The maximum atomic E-state index is 12.7. The van der Waals surface area contributed by atoms with Gasteiger partial charge in [0.25, 0.3) is 11.8 Å². The zero-order valence-electron chi connectivity index (χ0n) is 17.0. The first-order chi connectivity index (χ1) is 14.5. The largest absolute Gasteiger partial charge is 0.496 e. The molecule has 2 atom stereocenters. The maximum Gasteiger partial charge on any atom is 0.276 e. The van der Waals surface area contributed by atoms with Gasteiger partial charge in [0.05, 0.1) is 12.7 Å². The Bertz CT molecular complexity index is 1010. The second-order valence-electron chi connectivity index (χ2n) is 7.39.